The van der Waals surface area contributed by atoms with Crippen molar-refractivity contribution >= 4 is 23.4 Å². The zero-order valence-electron chi connectivity index (χ0n) is 18.7. The van der Waals surface area contributed by atoms with E-state index in [1.54, 1.807) is 33.5 Å². The molecule has 1 saturated heterocycles. The van der Waals surface area contributed by atoms with Crippen LogP contribution in [0.1, 0.15) is 31.4 Å². The van der Waals surface area contributed by atoms with Crippen molar-refractivity contribution in [1.82, 2.24) is 0 Å². The number of hydrogen-bond acceptors (Lipinski definition) is 8. The molecule has 1 fully saturated rings. The predicted octanol–water partition coefficient (Wildman–Crippen LogP) is 4.39. The van der Waals surface area contributed by atoms with Crippen molar-refractivity contribution in [2.45, 2.75) is 48.1 Å². The molecule has 2 aromatic carbocycles. The number of benzene rings is 2. The summed E-state index contributed by atoms with van der Waals surface area (Å²) in [7, 11) is 4.71. The maximum Gasteiger partial charge on any atom is 0.203 e. The normalized spacial score (nSPS) is 21.1. The van der Waals surface area contributed by atoms with E-state index in [9.17, 15) is 5.11 Å². The Morgan fingerprint density at radius 2 is 1.78 bits per heavy atom. The molecule has 3 N–H and O–H groups in total. The first-order valence-corrected chi connectivity index (χ1v) is 11.6. The Morgan fingerprint density at radius 1 is 1.09 bits per heavy atom. The van der Waals surface area contributed by atoms with Crippen molar-refractivity contribution in [3.63, 3.8) is 0 Å². The summed E-state index contributed by atoms with van der Waals surface area (Å²) in [6, 6.07) is 11.1. The number of thioether (sulfide) groups is 1. The molecule has 9 heteroatoms. The van der Waals surface area contributed by atoms with Gasteiger partial charge in [-0.2, -0.15) is 0 Å². The van der Waals surface area contributed by atoms with Gasteiger partial charge in [0.15, 0.2) is 23.6 Å². The molecular formula is C23H30ClNO6S. The molecule has 0 saturated carbocycles. The van der Waals surface area contributed by atoms with Crippen LogP contribution in [0.2, 0.25) is 5.02 Å². The summed E-state index contributed by atoms with van der Waals surface area (Å²) in [4.78, 5) is 0.956. The molecule has 3 rings (SSSR count). The molecule has 1 heterocycles. The second kappa shape index (κ2) is 11.0. The zero-order valence-corrected chi connectivity index (χ0v) is 20.2. The van der Waals surface area contributed by atoms with Crippen molar-refractivity contribution < 1.29 is 28.8 Å². The summed E-state index contributed by atoms with van der Waals surface area (Å²) in [5.74, 6) is 0.0700. The van der Waals surface area contributed by atoms with Crippen LogP contribution >= 0.6 is 23.4 Å². The first-order valence-electron chi connectivity index (χ1n) is 10.3. The molecule has 2 aromatic rings. The van der Waals surface area contributed by atoms with Crippen LogP contribution in [0.3, 0.4) is 0 Å². The van der Waals surface area contributed by atoms with E-state index in [1.807, 2.05) is 31.2 Å². The highest BCUT2D eigenvalue weighted by molar-refractivity contribution is 8.00. The number of rotatable bonds is 10. The van der Waals surface area contributed by atoms with Crippen molar-refractivity contribution in [2.75, 3.05) is 27.9 Å². The molecule has 0 spiro atoms. The fourth-order valence-corrected chi connectivity index (χ4v) is 4.81. The molecule has 4 atom stereocenters. The lowest BCUT2D eigenvalue weighted by Gasteiger charge is -2.34. The van der Waals surface area contributed by atoms with Gasteiger partial charge in [-0.05, 0) is 49.7 Å². The van der Waals surface area contributed by atoms with E-state index < -0.39 is 12.1 Å². The predicted molar refractivity (Wildman–Crippen MR) is 125 cm³/mol. The van der Waals surface area contributed by atoms with E-state index in [1.165, 1.54) is 11.8 Å². The minimum Gasteiger partial charge on any atom is -0.493 e. The fraction of sp³-hybridized carbons (Fsp3) is 0.478. The number of aliphatic hydroxyl groups is 1. The Morgan fingerprint density at radius 3 is 2.38 bits per heavy atom. The highest BCUT2D eigenvalue weighted by atomic mass is 35.5. The number of ether oxygens (including phenoxy) is 5. The van der Waals surface area contributed by atoms with Crippen LogP contribution < -0.4 is 19.9 Å². The Labute approximate surface area is 198 Å². The van der Waals surface area contributed by atoms with Gasteiger partial charge in [-0.25, -0.2) is 0 Å². The summed E-state index contributed by atoms with van der Waals surface area (Å²) < 4.78 is 28.5. The molecular weight excluding hydrogens is 454 g/mol. The molecule has 176 valence electrons. The van der Waals surface area contributed by atoms with Gasteiger partial charge in [-0.1, -0.05) is 11.6 Å². The second-order valence-corrected chi connectivity index (χ2v) is 9.29. The third-order valence-electron chi connectivity index (χ3n) is 5.45. The number of halogens is 1. The lowest BCUT2D eigenvalue weighted by atomic mass is 10.0. The van der Waals surface area contributed by atoms with Gasteiger partial charge < -0.3 is 34.5 Å². The molecule has 1 aliphatic heterocycles. The van der Waals surface area contributed by atoms with Gasteiger partial charge in [-0.15, -0.1) is 11.8 Å². The topological polar surface area (TPSA) is 92.4 Å². The summed E-state index contributed by atoms with van der Waals surface area (Å²) in [6.07, 6.45) is 0.397. The van der Waals surface area contributed by atoms with Crippen LogP contribution in [0.5, 0.6) is 17.2 Å². The lowest BCUT2D eigenvalue weighted by Crippen LogP contribution is -2.50. The first kappa shape index (κ1) is 25.0. The molecule has 0 aliphatic carbocycles. The van der Waals surface area contributed by atoms with Crippen LogP contribution in [-0.2, 0) is 9.47 Å². The van der Waals surface area contributed by atoms with E-state index in [4.69, 9.17) is 41.0 Å². The van der Waals surface area contributed by atoms with E-state index in [0.29, 0.717) is 35.1 Å². The van der Waals surface area contributed by atoms with E-state index in [0.717, 1.165) is 10.5 Å². The number of methoxy groups -OCH3 is 3. The molecule has 32 heavy (non-hydrogen) atoms. The minimum absolute atomic E-state index is 0.0705. The van der Waals surface area contributed by atoms with Crippen LogP contribution in [0, 0.1) is 0 Å². The Hall–Kier alpha value is -1.68. The summed E-state index contributed by atoms with van der Waals surface area (Å²) >= 11 is 7.42. The molecule has 1 aliphatic rings. The molecule has 4 unspecified atom stereocenters. The van der Waals surface area contributed by atoms with Crippen LogP contribution in [-0.4, -0.2) is 50.3 Å². The monoisotopic (exact) mass is 483 g/mol. The number of nitrogens with two attached hydrogens (primary N) is 1. The maximum atomic E-state index is 11.1. The number of hydrogen-bond donors (Lipinski definition) is 2. The Bertz CT molecular complexity index is 899. The van der Waals surface area contributed by atoms with Crippen molar-refractivity contribution in [1.29, 1.82) is 0 Å². The fourth-order valence-electron chi connectivity index (χ4n) is 3.65. The summed E-state index contributed by atoms with van der Waals surface area (Å²) in [6.45, 7) is 1.80. The largest absolute Gasteiger partial charge is 0.493 e. The van der Waals surface area contributed by atoms with E-state index in [-0.39, 0.29) is 17.9 Å². The third kappa shape index (κ3) is 5.44. The van der Waals surface area contributed by atoms with Gasteiger partial charge in [0.05, 0.1) is 32.7 Å². The smallest absolute Gasteiger partial charge is 0.203 e. The molecule has 0 aromatic heterocycles. The molecule has 0 bridgehead atoms. The SMILES string of the molecule is COc1ccc(C2CCC(OC(O)(CN)C(C)Sc3ccc(Cl)cc3)O2)c(OC)c1OC. The van der Waals surface area contributed by atoms with Crippen LogP contribution in [0.25, 0.3) is 0 Å². The van der Waals surface area contributed by atoms with Crippen LogP contribution in [0.15, 0.2) is 41.3 Å². The third-order valence-corrected chi connectivity index (χ3v) is 6.97. The standard InChI is InChI=1S/C23H30ClNO6S/c1-14(32-16-7-5-15(24)6-8-16)23(26,13-25)31-20-12-11-18(30-20)17-9-10-19(27-2)22(29-4)21(17)28-3/h5-10,14,18,20,26H,11-13,25H2,1-4H3. The van der Waals surface area contributed by atoms with E-state index in [2.05, 4.69) is 0 Å². The van der Waals surface area contributed by atoms with Gasteiger partial charge in [0.25, 0.3) is 0 Å². The van der Waals surface area contributed by atoms with Crippen molar-refractivity contribution in [3.8, 4) is 17.2 Å². The van der Waals surface area contributed by atoms with Crippen molar-refractivity contribution in [2.24, 2.45) is 5.73 Å². The molecule has 0 radical (unpaired) electrons. The average Bonchev–Trinajstić information content (AvgIpc) is 3.27. The summed E-state index contributed by atoms with van der Waals surface area (Å²) in [5.41, 5.74) is 6.74. The van der Waals surface area contributed by atoms with Gasteiger partial charge in [0, 0.05) is 28.4 Å². The van der Waals surface area contributed by atoms with E-state index >= 15 is 0 Å². The highest BCUT2D eigenvalue weighted by Gasteiger charge is 2.40. The molecule has 0 amide bonds. The van der Waals surface area contributed by atoms with Crippen molar-refractivity contribution in [3.05, 3.63) is 47.0 Å². The van der Waals surface area contributed by atoms with Gasteiger partial charge >= 0.3 is 0 Å². The highest BCUT2D eigenvalue weighted by Crippen LogP contribution is 2.46. The Kier molecular flexibility index (Phi) is 8.55. The average molecular weight is 484 g/mol. The maximum absolute atomic E-state index is 11.1. The van der Waals surface area contributed by atoms with Gasteiger partial charge in [-0.3, -0.25) is 0 Å². The first-order chi connectivity index (χ1) is 15.3. The quantitative estimate of drug-likeness (QED) is 0.379. The Balaban J connectivity index is 1.71. The molecule has 7 nitrogen and oxygen atoms in total. The van der Waals surface area contributed by atoms with Crippen LogP contribution in [0.4, 0.5) is 0 Å². The minimum atomic E-state index is -1.56. The zero-order chi connectivity index (χ0) is 23.3. The second-order valence-electron chi connectivity index (χ2n) is 7.44. The van der Waals surface area contributed by atoms with Gasteiger partial charge in [0.1, 0.15) is 0 Å². The summed E-state index contributed by atoms with van der Waals surface area (Å²) in [5, 5.41) is 11.5. The lowest BCUT2D eigenvalue weighted by molar-refractivity contribution is -0.279. The van der Waals surface area contributed by atoms with Gasteiger partial charge in [0.2, 0.25) is 5.75 Å².